The molecule has 0 saturated carbocycles. The van der Waals surface area contributed by atoms with E-state index in [2.05, 4.69) is 27.7 Å². The summed E-state index contributed by atoms with van der Waals surface area (Å²) in [7, 11) is 0. The van der Waals surface area contributed by atoms with Gasteiger partial charge in [0.1, 0.15) is 24.4 Å². The maximum atomic E-state index is 12.2. The molecule has 3 heterocycles. The molecule has 1 aliphatic heterocycles. The molecule has 1 amide bonds. The number of hydrogen-bond acceptors (Lipinski definition) is 6. The third-order valence-electron chi connectivity index (χ3n) is 4.25. The maximum Gasteiger partial charge on any atom is 0.244 e. The minimum Gasteiger partial charge on any atom is -0.330 e. The molecule has 124 valence electrons. The molecule has 0 atom stereocenters. The molecule has 0 unspecified atom stereocenters. The third-order valence-corrected chi connectivity index (χ3v) is 5.29. The molecular formula is C15H18N7OS+. The van der Waals surface area contributed by atoms with Gasteiger partial charge in [-0.25, -0.2) is 9.67 Å². The van der Waals surface area contributed by atoms with Crippen molar-refractivity contribution in [3.63, 3.8) is 0 Å². The van der Waals surface area contributed by atoms with E-state index in [1.807, 2.05) is 17.0 Å². The van der Waals surface area contributed by atoms with Crippen LogP contribution in [0.4, 0.5) is 0 Å². The Hall–Kier alpha value is -2.39. The Bertz CT molecular complexity index is 790. The monoisotopic (exact) mass is 344 g/mol. The molecule has 1 saturated heterocycles. The number of tetrazole rings is 1. The van der Waals surface area contributed by atoms with Crippen LogP contribution in [0.3, 0.4) is 0 Å². The number of fused-ring (bicyclic) bond motifs is 1. The fourth-order valence-corrected chi connectivity index (χ4v) is 3.99. The van der Waals surface area contributed by atoms with Gasteiger partial charge in [0.25, 0.3) is 0 Å². The van der Waals surface area contributed by atoms with Crippen LogP contribution in [0.1, 0.15) is 5.01 Å². The summed E-state index contributed by atoms with van der Waals surface area (Å²) in [6.07, 6.45) is 1.46. The lowest BCUT2D eigenvalue weighted by Gasteiger charge is -2.31. The Balaban J connectivity index is 1.31. The Morgan fingerprint density at radius 3 is 2.83 bits per heavy atom. The second-order valence-electron chi connectivity index (χ2n) is 5.89. The number of amides is 1. The van der Waals surface area contributed by atoms with Gasteiger partial charge in [0, 0.05) is 0 Å². The van der Waals surface area contributed by atoms with Gasteiger partial charge in [-0.15, -0.1) is 16.4 Å². The summed E-state index contributed by atoms with van der Waals surface area (Å²) in [6.45, 7) is 4.55. The molecule has 0 spiro atoms. The molecule has 2 aromatic heterocycles. The summed E-state index contributed by atoms with van der Waals surface area (Å²) in [5.41, 5.74) is 1.08. The van der Waals surface area contributed by atoms with E-state index >= 15 is 0 Å². The number of piperazine rings is 1. The second-order valence-corrected chi connectivity index (χ2v) is 7.01. The van der Waals surface area contributed by atoms with E-state index in [0.29, 0.717) is 0 Å². The third kappa shape index (κ3) is 3.26. The van der Waals surface area contributed by atoms with Crippen molar-refractivity contribution in [3.05, 3.63) is 35.6 Å². The molecule has 0 aliphatic carbocycles. The SMILES string of the molecule is O=C(Cn1cnnn1)N1CC[NH+](Cc2nc3ccccc3s2)CC1. The number of nitrogens with zero attached hydrogens (tertiary/aromatic N) is 6. The van der Waals surface area contributed by atoms with Gasteiger partial charge < -0.3 is 9.80 Å². The number of nitrogens with one attached hydrogen (secondary N) is 1. The number of rotatable bonds is 4. The van der Waals surface area contributed by atoms with Crippen LogP contribution >= 0.6 is 11.3 Å². The second kappa shape index (κ2) is 6.62. The van der Waals surface area contributed by atoms with Crippen LogP contribution in [0.25, 0.3) is 10.2 Å². The minimum absolute atomic E-state index is 0.0707. The molecule has 1 aromatic carbocycles. The Labute approximate surface area is 142 Å². The van der Waals surface area contributed by atoms with E-state index in [1.165, 1.54) is 25.6 Å². The molecule has 1 fully saturated rings. The summed E-state index contributed by atoms with van der Waals surface area (Å²) < 4.78 is 2.70. The van der Waals surface area contributed by atoms with Gasteiger partial charge in [0.05, 0.1) is 36.4 Å². The Morgan fingerprint density at radius 1 is 1.25 bits per heavy atom. The van der Waals surface area contributed by atoms with Crippen molar-refractivity contribution in [2.24, 2.45) is 0 Å². The van der Waals surface area contributed by atoms with E-state index in [-0.39, 0.29) is 12.5 Å². The quantitative estimate of drug-likeness (QED) is 0.671. The summed E-state index contributed by atoms with van der Waals surface area (Å²) in [5.74, 6) is 0.0707. The van der Waals surface area contributed by atoms with E-state index in [4.69, 9.17) is 4.98 Å². The molecule has 9 heteroatoms. The fraction of sp³-hybridized carbons (Fsp3) is 0.400. The molecule has 4 rings (SSSR count). The molecule has 3 aromatic rings. The highest BCUT2D eigenvalue weighted by atomic mass is 32.1. The van der Waals surface area contributed by atoms with Crippen molar-refractivity contribution in [2.75, 3.05) is 26.2 Å². The zero-order chi connectivity index (χ0) is 16.4. The molecule has 1 N–H and O–H groups in total. The van der Waals surface area contributed by atoms with Crippen LogP contribution in [0.5, 0.6) is 0 Å². The van der Waals surface area contributed by atoms with Crippen molar-refractivity contribution in [3.8, 4) is 0 Å². The smallest absolute Gasteiger partial charge is 0.244 e. The highest BCUT2D eigenvalue weighted by molar-refractivity contribution is 7.18. The van der Waals surface area contributed by atoms with Crippen LogP contribution in [-0.4, -0.2) is 62.2 Å². The number of carbonyl (C=O) groups excluding carboxylic acids is 1. The van der Waals surface area contributed by atoms with Crippen LogP contribution in [-0.2, 0) is 17.9 Å². The van der Waals surface area contributed by atoms with Crippen molar-refractivity contribution in [1.29, 1.82) is 0 Å². The lowest BCUT2D eigenvalue weighted by atomic mass is 10.3. The predicted octanol–water partition coefficient (Wildman–Crippen LogP) is -0.790. The van der Waals surface area contributed by atoms with Gasteiger partial charge in [0.15, 0.2) is 0 Å². The van der Waals surface area contributed by atoms with Crippen molar-refractivity contribution < 1.29 is 9.69 Å². The van der Waals surface area contributed by atoms with Crippen LogP contribution in [0, 0.1) is 0 Å². The number of carbonyl (C=O) groups is 1. The van der Waals surface area contributed by atoms with Gasteiger partial charge in [0.2, 0.25) is 5.91 Å². The molecule has 0 radical (unpaired) electrons. The first-order valence-electron chi connectivity index (χ1n) is 7.94. The zero-order valence-corrected chi connectivity index (χ0v) is 13.9. The van der Waals surface area contributed by atoms with Crippen LogP contribution in [0.2, 0.25) is 0 Å². The number of hydrogen-bond donors (Lipinski definition) is 1. The highest BCUT2D eigenvalue weighted by Crippen LogP contribution is 2.20. The number of benzene rings is 1. The first-order valence-corrected chi connectivity index (χ1v) is 8.76. The van der Waals surface area contributed by atoms with E-state index in [9.17, 15) is 4.79 Å². The Kier molecular flexibility index (Phi) is 4.18. The number of aromatic nitrogens is 5. The summed E-state index contributed by atoms with van der Waals surface area (Å²) in [4.78, 5) is 20.3. The van der Waals surface area contributed by atoms with Gasteiger partial charge in [-0.05, 0) is 22.6 Å². The maximum absolute atomic E-state index is 12.2. The minimum atomic E-state index is 0.0707. The van der Waals surface area contributed by atoms with Crippen LogP contribution < -0.4 is 4.90 Å². The van der Waals surface area contributed by atoms with Gasteiger partial charge in [-0.1, -0.05) is 12.1 Å². The number of quaternary nitrogens is 1. The molecule has 0 bridgehead atoms. The summed E-state index contributed by atoms with van der Waals surface area (Å²) in [5, 5.41) is 12.0. The molecule has 1 aliphatic rings. The molecule has 24 heavy (non-hydrogen) atoms. The fourth-order valence-electron chi connectivity index (χ4n) is 2.95. The number of thiazole rings is 1. The average Bonchev–Trinajstić information content (AvgIpc) is 3.24. The average molecular weight is 344 g/mol. The largest absolute Gasteiger partial charge is 0.330 e. The van der Waals surface area contributed by atoms with E-state index in [1.54, 1.807) is 11.3 Å². The Morgan fingerprint density at radius 2 is 2.08 bits per heavy atom. The van der Waals surface area contributed by atoms with E-state index < -0.39 is 0 Å². The summed E-state index contributed by atoms with van der Waals surface area (Å²) >= 11 is 1.76. The van der Waals surface area contributed by atoms with Gasteiger partial charge in [-0.2, -0.15) is 0 Å². The molecule has 8 nitrogen and oxygen atoms in total. The standard InChI is InChI=1S/C15H17N7OS/c23-15(10-22-11-16-18-19-22)21-7-5-20(6-8-21)9-14-17-12-3-1-2-4-13(12)24-14/h1-4,11H,5-10H2/p+1. The van der Waals surface area contributed by atoms with Gasteiger partial charge >= 0.3 is 0 Å². The highest BCUT2D eigenvalue weighted by Gasteiger charge is 2.24. The lowest BCUT2D eigenvalue weighted by molar-refractivity contribution is -0.917. The first kappa shape index (κ1) is 15.2. The van der Waals surface area contributed by atoms with Crippen molar-refractivity contribution in [1.82, 2.24) is 30.1 Å². The first-order chi connectivity index (χ1) is 11.8. The zero-order valence-electron chi connectivity index (χ0n) is 13.1. The van der Waals surface area contributed by atoms with Crippen molar-refractivity contribution >= 4 is 27.5 Å². The summed E-state index contributed by atoms with van der Waals surface area (Å²) in [6, 6.07) is 8.24. The van der Waals surface area contributed by atoms with Gasteiger partial charge in [-0.3, -0.25) is 4.79 Å². The normalized spacial score (nSPS) is 15.9. The topological polar surface area (TPSA) is 81.2 Å². The van der Waals surface area contributed by atoms with Crippen molar-refractivity contribution in [2.45, 2.75) is 13.1 Å². The predicted molar refractivity (Wildman–Crippen MR) is 88.4 cm³/mol. The lowest BCUT2D eigenvalue weighted by Crippen LogP contribution is -3.13. The molecular weight excluding hydrogens is 326 g/mol. The van der Waals surface area contributed by atoms with Crippen LogP contribution in [0.15, 0.2) is 30.6 Å². The van der Waals surface area contributed by atoms with E-state index in [0.717, 1.165) is 38.2 Å². The number of para-hydroxylation sites is 1.